The molecule has 11 N–H and O–H groups in total. The molecular formula is C66H104N12O15. The molecular weight excluding hydrogens is 1200 g/mol. The Hall–Kier alpha value is -7.75. The number of nitrogens with zero attached hydrogens (tertiary/aromatic N) is 4. The number of hydrogen-bond donors (Lipinski definition) is 9. The molecule has 2 fully saturated rings. The predicted octanol–water partition coefficient (Wildman–Crippen LogP) is 3.31. The van der Waals surface area contributed by atoms with E-state index in [-0.39, 0.29) is 63.1 Å². The zero-order valence-corrected chi connectivity index (χ0v) is 56.9. The second kappa shape index (κ2) is 36.6. The van der Waals surface area contributed by atoms with E-state index < -0.39 is 150 Å². The van der Waals surface area contributed by atoms with Gasteiger partial charge in [-0.25, -0.2) is 9.59 Å². The Labute approximate surface area is 547 Å². The van der Waals surface area contributed by atoms with Gasteiger partial charge in [-0.2, -0.15) is 0 Å². The lowest BCUT2D eigenvalue weighted by Gasteiger charge is -2.41. The Bertz CT molecular complexity index is 2860. The van der Waals surface area contributed by atoms with Crippen LogP contribution in [0.1, 0.15) is 138 Å². The predicted molar refractivity (Wildman–Crippen MR) is 348 cm³/mol. The van der Waals surface area contributed by atoms with Crippen LogP contribution in [0.2, 0.25) is 0 Å². The van der Waals surface area contributed by atoms with E-state index in [0.29, 0.717) is 42.6 Å². The van der Waals surface area contributed by atoms with E-state index in [4.69, 9.17) is 25.7 Å². The number of hydrogen-bond acceptors (Lipinski definition) is 16. The highest BCUT2D eigenvalue weighted by Gasteiger charge is 2.46. The second-order valence-corrected chi connectivity index (χ2v) is 25.7. The first-order chi connectivity index (χ1) is 43.8. The largest absolute Gasteiger partial charge is 0.445 e. The van der Waals surface area contributed by atoms with Crippen molar-refractivity contribution in [3.63, 3.8) is 0 Å². The molecule has 2 aliphatic rings. The van der Waals surface area contributed by atoms with Crippen molar-refractivity contribution in [2.75, 3.05) is 53.3 Å². The number of urea groups is 1. The van der Waals surface area contributed by atoms with Crippen LogP contribution < -0.4 is 43.4 Å². The molecule has 0 spiro atoms. The number of likely N-dealkylation sites (tertiary alicyclic amines) is 2. The third kappa shape index (κ3) is 21.1. The molecule has 518 valence electrons. The number of nitrogens with one attached hydrogen (secondary N) is 6. The SMILES string of the molecule is CC[C@H](C)[C@@H]([C@@H](CC(=O)N1CCC[C@H]1[C@H](OC)[C@@H](C)C(=O)N[C@H](C)[C@@H](O)c1ccccc1)OC)N(C)C(=O)[C@@H](NC(=O)[C@H](C(C)C)N(C)C(=O)OCc1ccc(NC(=O)[C@H](CCCNC(N)=O)NC(=O)[C@@H](NC(=O)[C@@H](CN)N2C(=O)CC(C)C2=O)C(C)C)cc1)C(C)C. The van der Waals surface area contributed by atoms with E-state index in [0.717, 1.165) is 9.80 Å². The molecule has 0 aliphatic carbocycles. The standard InChI is InChI=1S/C66H104N12O15/c1-16-39(8)55(49(91-14)33-50(79)77-31-21-25-47(77)57(92-15)41(10)58(82)70-42(11)56(81)44-22-18-17-19-23-44)75(12)64(88)53(37(4)5)74-62(86)54(38(6)7)76(13)66(90)93-35-43-26-28-45(29-27-43)71-59(83)46(24-20-30-69-65(68)89)72-61(85)52(36(2)3)73-60(84)48(34-67)78-51(80)32-40(9)63(78)87/h17-19,22-23,26-29,36-42,46-49,52-57,81H,16,20-21,24-25,30-35,67H2,1-15H3,(H,70,82)(H,71,83)(H,72,85)(H,73,84)(H,74,86)(H3,68,69,89)/t39-,40?,41+,42+,46-,47-,48+,49+,52-,53-,54-,55-,56+,57+/m0/s1. The van der Waals surface area contributed by atoms with Crippen LogP contribution in [-0.2, 0) is 64.0 Å². The highest BCUT2D eigenvalue weighted by atomic mass is 16.6. The van der Waals surface area contributed by atoms with Gasteiger partial charge in [0, 0.05) is 66.0 Å². The van der Waals surface area contributed by atoms with Crippen molar-refractivity contribution in [1.29, 1.82) is 0 Å². The number of benzene rings is 2. The van der Waals surface area contributed by atoms with Gasteiger partial charge < -0.3 is 72.5 Å². The summed E-state index contributed by atoms with van der Waals surface area (Å²) in [7, 11) is 6.05. The van der Waals surface area contributed by atoms with Crippen LogP contribution in [0.4, 0.5) is 15.3 Å². The fourth-order valence-electron chi connectivity index (χ4n) is 12.1. The Morgan fingerprint density at radius 2 is 1.38 bits per heavy atom. The summed E-state index contributed by atoms with van der Waals surface area (Å²) in [5.41, 5.74) is 12.6. The Morgan fingerprint density at radius 1 is 0.753 bits per heavy atom. The van der Waals surface area contributed by atoms with Crippen molar-refractivity contribution in [3.8, 4) is 0 Å². The Morgan fingerprint density at radius 3 is 1.91 bits per heavy atom. The molecule has 14 atom stereocenters. The van der Waals surface area contributed by atoms with Crippen LogP contribution >= 0.6 is 0 Å². The summed E-state index contributed by atoms with van der Waals surface area (Å²) < 4.78 is 17.7. The molecule has 2 saturated heterocycles. The van der Waals surface area contributed by atoms with Crippen molar-refractivity contribution in [2.24, 2.45) is 47.0 Å². The van der Waals surface area contributed by atoms with Gasteiger partial charge in [0.15, 0.2) is 0 Å². The Kier molecular flexibility index (Phi) is 30.6. The average Bonchev–Trinajstić information content (AvgIpc) is 1.80. The van der Waals surface area contributed by atoms with E-state index in [1.807, 2.05) is 32.0 Å². The number of rotatable bonds is 35. The number of imide groups is 1. The molecule has 27 heteroatoms. The number of primary amides is 1. The number of amides is 12. The molecule has 2 aromatic carbocycles. The number of carbonyl (C=O) groups is 11. The van der Waals surface area contributed by atoms with Gasteiger partial charge >= 0.3 is 12.1 Å². The summed E-state index contributed by atoms with van der Waals surface area (Å²) in [6.07, 6.45) is -1.33. The van der Waals surface area contributed by atoms with Crippen LogP contribution in [-0.4, -0.2) is 198 Å². The van der Waals surface area contributed by atoms with E-state index in [9.17, 15) is 57.8 Å². The molecule has 2 aliphatic heterocycles. The number of aliphatic hydroxyl groups excluding tert-OH is 1. The third-order valence-electron chi connectivity index (χ3n) is 17.8. The number of anilines is 1. The van der Waals surface area contributed by atoms with Crippen molar-refractivity contribution < 1.29 is 72.1 Å². The summed E-state index contributed by atoms with van der Waals surface area (Å²) >= 11 is 0. The molecule has 0 radical (unpaired) electrons. The van der Waals surface area contributed by atoms with Gasteiger partial charge in [-0.05, 0) is 79.5 Å². The van der Waals surface area contributed by atoms with Crippen LogP contribution in [0.15, 0.2) is 54.6 Å². The van der Waals surface area contributed by atoms with Gasteiger partial charge in [-0.1, -0.05) is 118 Å². The number of nitrogens with two attached hydrogens (primary N) is 2. The molecule has 0 saturated carbocycles. The number of likely N-dealkylation sites (N-methyl/N-ethyl adjacent to an activating group) is 2. The summed E-state index contributed by atoms with van der Waals surface area (Å²) in [6.45, 7) is 19.2. The number of aliphatic hydroxyl groups is 1. The maximum atomic E-state index is 14.8. The monoisotopic (exact) mass is 1300 g/mol. The summed E-state index contributed by atoms with van der Waals surface area (Å²) in [5.74, 6) is -7.87. The topological polar surface area (TPSA) is 373 Å². The first-order valence-corrected chi connectivity index (χ1v) is 32.3. The normalized spacial score (nSPS) is 18.8. The van der Waals surface area contributed by atoms with Crippen molar-refractivity contribution in [3.05, 3.63) is 65.7 Å². The van der Waals surface area contributed by atoms with Crippen LogP contribution in [0.5, 0.6) is 0 Å². The van der Waals surface area contributed by atoms with E-state index in [2.05, 4.69) is 31.9 Å². The molecule has 0 bridgehead atoms. The summed E-state index contributed by atoms with van der Waals surface area (Å²) in [6, 6.07) is 6.87. The lowest BCUT2D eigenvalue weighted by atomic mass is 9.89. The highest BCUT2D eigenvalue weighted by molar-refractivity contribution is 6.07. The molecule has 93 heavy (non-hydrogen) atoms. The molecule has 0 aromatic heterocycles. The first kappa shape index (κ1) is 77.7. The van der Waals surface area contributed by atoms with E-state index in [1.165, 1.54) is 21.3 Å². The van der Waals surface area contributed by atoms with Gasteiger partial charge in [-0.15, -0.1) is 0 Å². The minimum Gasteiger partial charge on any atom is -0.445 e. The Balaban J connectivity index is 1.41. The van der Waals surface area contributed by atoms with E-state index in [1.54, 1.807) is 116 Å². The van der Waals surface area contributed by atoms with Crippen molar-refractivity contribution in [2.45, 2.75) is 194 Å². The van der Waals surface area contributed by atoms with Gasteiger partial charge in [0.2, 0.25) is 53.2 Å². The molecule has 1 unspecified atom stereocenters. The maximum absolute atomic E-state index is 14.8. The van der Waals surface area contributed by atoms with Crippen LogP contribution in [0.3, 0.4) is 0 Å². The minimum atomic E-state index is -1.36. The number of ether oxygens (including phenoxy) is 3. The number of carbonyl (C=O) groups excluding carboxylic acids is 11. The fourth-order valence-corrected chi connectivity index (χ4v) is 12.1. The van der Waals surface area contributed by atoms with Crippen molar-refractivity contribution in [1.82, 2.24) is 46.2 Å². The molecule has 2 aromatic rings. The average molecular weight is 1310 g/mol. The van der Waals surface area contributed by atoms with Gasteiger partial charge in [-0.3, -0.25) is 53.0 Å². The quantitative estimate of drug-likeness (QED) is 0.0353. The lowest BCUT2D eigenvalue weighted by molar-refractivity contribution is -0.148. The zero-order valence-electron chi connectivity index (χ0n) is 56.9. The summed E-state index contributed by atoms with van der Waals surface area (Å²) in [5, 5.41) is 27.3. The second-order valence-electron chi connectivity index (χ2n) is 25.7. The van der Waals surface area contributed by atoms with Crippen LogP contribution in [0.25, 0.3) is 0 Å². The molecule has 4 rings (SSSR count). The maximum Gasteiger partial charge on any atom is 0.410 e. The minimum absolute atomic E-state index is 0.0172. The fraction of sp³-hybridized carbons (Fsp3) is 0.652. The number of methoxy groups -OCH3 is 2. The van der Waals surface area contributed by atoms with Gasteiger partial charge in [0.25, 0.3) is 0 Å². The molecule has 12 amide bonds. The van der Waals surface area contributed by atoms with Gasteiger partial charge in [0.1, 0.15) is 36.8 Å². The lowest BCUT2D eigenvalue weighted by Crippen LogP contribution is -2.60. The zero-order chi connectivity index (χ0) is 69.7. The molecule has 2 heterocycles. The van der Waals surface area contributed by atoms with Crippen molar-refractivity contribution >= 4 is 71.0 Å². The first-order valence-electron chi connectivity index (χ1n) is 32.3. The van der Waals surface area contributed by atoms with E-state index >= 15 is 0 Å². The third-order valence-corrected chi connectivity index (χ3v) is 17.8. The smallest absolute Gasteiger partial charge is 0.410 e. The highest BCUT2D eigenvalue weighted by Crippen LogP contribution is 2.31. The molecule has 27 nitrogen and oxygen atoms in total. The van der Waals surface area contributed by atoms with Crippen LogP contribution in [0, 0.1) is 35.5 Å². The summed E-state index contributed by atoms with van der Waals surface area (Å²) in [4.78, 5) is 154. The van der Waals surface area contributed by atoms with Gasteiger partial charge in [0.05, 0.1) is 48.8 Å².